The van der Waals surface area contributed by atoms with Gasteiger partial charge in [-0.25, -0.2) is 0 Å². The van der Waals surface area contributed by atoms with Crippen LogP contribution in [0.2, 0.25) is 0 Å². The quantitative estimate of drug-likeness (QED) is 0.888. The van der Waals surface area contributed by atoms with Crippen molar-refractivity contribution in [2.24, 2.45) is 0 Å². The minimum atomic E-state index is -0.494. The third kappa shape index (κ3) is 3.33. The van der Waals surface area contributed by atoms with Crippen molar-refractivity contribution in [2.75, 3.05) is 20.1 Å². The first-order chi connectivity index (χ1) is 8.48. The molecule has 0 spiro atoms. The van der Waals surface area contributed by atoms with Crippen molar-refractivity contribution in [2.45, 2.75) is 44.6 Å². The topological polar surface area (TPSA) is 23.5 Å². The Hall–Kier alpha value is -0.860. The van der Waals surface area contributed by atoms with Gasteiger partial charge < -0.3 is 10.0 Å². The van der Waals surface area contributed by atoms with E-state index in [0.29, 0.717) is 5.92 Å². The van der Waals surface area contributed by atoms with E-state index in [2.05, 4.69) is 50.1 Å². The fraction of sp³-hybridized carbons (Fsp3) is 0.625. The number of rotatable bonds is 3. The minimum absolute atomic E-state index is 0.494. The van der Waals surface area contributed by atoms with Gasteiger partial charge in [-0.3, -0.25) is 0 Å². The molecule has 0 amide bonds. The number of piperidine rings is 1. The summed E-state index contributed by atoms with van der Waals surface area (Å²) in [5, 5.41) is 10.6. The average molecular weight is 247 g/mol. The zero-order valence-corrected chi connectivity index (χ0v) is 11.8. The highest BCUT2D eigenvalue weighted by Gasteiger charge is 2.31. The van der Waals surface area contributed by atoms with Gasteiger partial charge in [-0.1, -0.05) is 38.1 Å². The largest absolute Gasteiger partial charge is 0.389 e. The highest BCUT2D eigenvalue weighted by atomic mass is 16.3. The summed E-state index contributed by atoms with van der Waals surface area (Å²) < 4.78 is 0. The van der Waals surface area contributed by atoms with Crippen molar-refractivity contribution < 1.29 is 5.11 Å². The molecular weight excluding hydrogens is 222 g/mol. The van der Waals surface area contributed by atoms with E-state index in [1.54, 1.807) is 0 Å². The Kier molecular flexibility index (Phi) is 4.08. The lowest BCUT2D eigenvalue weighted by Crippen LogP contribution is -2.44. The summed E-state index contributed by atoms with van der Waals surface area (Å²) in [4.78, 5) is 2.29. The van der Waals surface area contributed by atoms with Gasteiger partial charge in [-0.05, 0) is 36.9 Å². The first kappa shape index (κ1) is 13.6. The van der Waals surface area contributed by atoms with E-state index in [1.165, 1.54) is 11.1 Å². The van der Waals surface area contributed by atoms with Gasteiger partial charge in [0, 0.05) is 19.5 Å². The van der Waals surface area contributed by atoms with Gasteiger partial charge in [0.25, 0.3) is 0 Å². The van der Waals surface area contributed by atoms with Gasteiger partial charge in [0.1, 0.15) is 0 Å². The molecule has 2 heteroatoms. The highest BCUT2D eigenvalue weighted by Crippen LogP contribution is 2.26. The Morgan fingerprint density at radius 2 is 1.72 bits per heavy atom. The number of hydrogen-bond acceptors (Lipinski definition) is 2. The maximum Gasteiger partial charge on any atom is 0.0712 e. The van der Waals surface area contributed by atoms with Gasteiger partial charge in [0.15, 0.2) is 0 Å². The maximum absolute atomic E-state index is 10.6. The molecular formula is C16H25NO. The van der Waals surface area contributed by atoms with E-state index >= 15 is 0 Å². The van der Waals surface area contributed by atoms with Crippen LogP contribution in [0.3, 0.4) is 0 Å². The summed E-state index contributed by atoms with van der Waals surface area (Å²) in [6.07, 6.45) is 2.56. The van der Waals surface area contributed by atoms with Crippen LogP contribution in [0.25, 0.3) is 0 Å². The summed E-state index contributed by atoms with van der Waals surface area (Å²) >= 11 is 0. The third-order valence-electron chi connectivity index (χ3n) is 4.10. The molecule has 1 aliphatic rings. The van der Waals surface area contributed by atoms with Gasteiger partial charge in [0.2, 0.25) is 0 Å². The summed E-state index contributed by atoms with van der Waals surface area (Å²) in [6.45, 7) is 6.42. The van der Waals surface area contributed by atoms with Crippen molar-refractivity contribution in [1.29, 1.82) is 0 Å². The van der Waals surface area contributed by atoms with Gasteiger partial charge >= 0.3 is 0 Å². The monoisotopic (exact) mass is 247 g/mol. The number of benzene rings is 1. The van der Waals surface area contributed by atoms with Crippen LogP contribution < -0.4 is 0 Å². The lowest BCUT2D eigenvalue weighted by Gasteiger charge is -2.36. The summed E-state index contributed by atoms with van der Waals surface area (Å²) in [5.74, 6) is 0.575. The molecule has 2 rings (SSSR count). The van der Waals surface area contributed by atoms with E-state index in [4.69, 9.17) is 0 Å². The second kappa shape index (κ2) is 5.41. The Balaban J connectivity index is 2.00. The molecule has 0 bridgehead atoms. The molecule has 0 unspecified atom stereocenters. The maximum atomic E-state index is 10.6. The van der Waals surface area contributed by atoms with Crippen LogP contribution >= 0.6 is 0 Å². The SMILES string of the molecule is CC(C)c1ccc(CC2(O)CCN(C)CC2)cc1. The number of nitrogens with zero attached hydrogens (tertiary/aromatic N) is 1. The smallest absolute Gasteiger partial charge is 0.0712 e. The zero-order valence-electron chi connectivity index (χ0n) is 11.8. The van der Waals surface area contributed by atoms with Crippen LogP contribution in [-0.2, 0) is 6.42 Å². The summed E-state index contributed by atoms with van der Waals surface area (Å²) in [5.41, 5.74) is 2.13. The van der Waals surface area contributed by atoms with Gasteiger partial charge in [0.05, 0.1) is 5.60 Å². The molecule has 100 valence electrons. The average Bonchev–Trinajstić information content (AvgIpc) is 2.34. The molecule has 0 atom stereocenters. The number of likely N-dealkylation sites (tertiary alicyclic amines) is 1. The first-order valence-corrected chi connectivity index (χ1v) is 6.98. The Labute approximate surface area is 111 Å². The number of hydrogen-bond donors (Lipinski definition) is 1. The predicted octanol–water partition coefficient (Wildman–Crippen LogP) is 2.81. The van der Waals surface area contributed by atoms with E-state index < -0.39 is 5.60 Å². The molecule has 1 aliphatic heterocycles. The molecule has 1 aromatic carbocycles. The van der Waals surface area contributed by atoms with Crippen molar-refractivity contribution in [1.82, 2.24) is 4.90 Å². The molecule has 18 heavy (non-hydrogen) atoms. The molecule has 0 radical (unpaired) electrons. The molecule has 0 aliphatic carbocycles. The zero-order chi connectivity index (χ0) is 13.2. The number of aliphatic hydroxyl groups is 1. The Morgan fingerprint density at radius 1 is 1.17 bits per heavy atom. The second-order valence-electron chi connectivity index (χ2n) is 6.10. The van der Waals surface area contributed by atoms with E-state index in [1.807, 2.05) is 0 Å². The fourth-order valence-corrected chi connectivity index (χ4v) is 2.61. The summed E-state index contributed by atoms with van der Waals surface area (Å²) in [7, 11) is 2.12. The summed E-state index contributed by atoms with van der Waals surface area (Å²) in [6, 6.07) is 8.73. The van der Waals surface area contributed by atoms with Crippen LogP contribution in [0, 0.1) is 0 Å². The van der Waals surface area contributed by atoms with Crippen LogP contribution in [0.4, 0.5) is 0 Å². The van der Waals surface area contributed by atoms with Crippen molar-refractivity contribution in [3.8, 4) is 0 Å². The van der Waals surface area contributed by atoms with Gasteiger partial charge in [-0.2, -0.15) is 0 Å². The molecule has 1 fully saturated rings. The van der Waals surface area contributed by atoms with Crippen molar-refractivity contribution in [3.05, 3.63) is 35.4 Å². The van der Waals surface area contributed by atoms with Crippen LogP contribution in [0.1, 0.15) is 43.7 Å². The molecule has 1 heterocycles. The Bertz CT molecular complexity index is 375. The molecule has 0 aromatic heterocycles. The van der Waals surface area contributed by atoms with Crippen molar-refractivity contribution >= 4 is 0 Å². The van der Waals surface area contributed by atoms with E-state index in [9.17, 15) is 5.11 Å². The van der Waals surface area contributed by atoms with Crippen LogP contribution in [-0.4, -0.2) is 35.7 Å². The molecule has 1 N–H and O–H groups in total. The third-order valence-corrected chi connectivity index (χ3v) is 4.10. The van der Waals surface area contributed by atoms with E-state index in [0.717, 1.165) is 32.4 Å². The Morgan fingerprint density at radius 3 is 2.22 bits per heavy atom. The van der Waals surface area contributed by atoms with Gasteiger partial charge in [-0.15, -0.1) is 0 Å². The normalized spacial score (nSPS) is 20.3. The van der Waals surface area contributed by atoms with E-state index in [-0.39, 0.29) is 0 Å². The highest BCUT2D eigenvalue weighted by molar-refractivity contribution is 5.25. The lowest BCUT2D eigenvalue weighted by molar-refractivity contribution is -0.0150. The standard InChI is InChI=1S/C16H25NO/c1-13(2)15-6-4-14(5-7-15)12-16(18)8-10-17(3)11-9-16/h4-7,13,18H,8-12H2,1-3H3. The van der Waals surface area contributed by atoms with Crippen LogP contribution in [0.15, 0.2) is 24.3 Å². The fourth-order valence-electron chi connectivity index (χ4n) is 2.61. The lowest BCUT2D eigenvalue weighted by atomic mass is 9.85. The first-order valence-electron chi connectivity index (χ1n) is 6.98. The molecule has 1 aromatic rings. The molecule has 1 saturated heterocycles. The minimum Gasteiger partial charge on any atom is -0.389 e. The predicted molar refractivity (Wildman–Crippen MR) is 75.9 cm³/mol. The second-order valence-corrected chi connectivity index (χ2v) is 6.10. The van der Waals surface area contributed by atoms with Crippen molar-refractivity contribution in [3.63, 3.8) is 0 Å². The van der Waals surface area contributed by atoms with Crippen LogP contribution in [0.5, 0.6) is 0 Å². The molecule has 2 nitrogen and oxygen atoms in total. The molecule has 0 saturated carbocycles.